The highest BCUT2D eigenvalue weighted by Gasteiger charge is 2.41. The van der Waals surface area contributed by atoms with Crippen molar-refractivity contribution < 1.29 is 14.7 Å². The molecule has 2 aromatic heterocycles. The van der Waals surface area contributed by atoms with Crippen LogP contribution in [0.4, 0.5) is 5.95 Å². The molecular formula is C19H24N6O3. The molecule has 4 heterocycles. The topological polar surface area (TPSA) is 121 Å². The van der Waals surface area contributed by atoms with E-state index in [1.165, 1.54) is 6.42 Å². The lowest BCUT2D eigenvalue weighted by Gasteiger charge is -2.42. The van der Waals surface area contributed by atoms with Crippen LogP contribution in [0.2, 0.25) is 0 Å². The monoisotopic (exact) mass is 384 g/mol. The number of hydrogen-bond acceptors (Lipinski definition) is 6. The summed E-state index contributed by atoms with van der Waals surface area (Å²) < 4.78 is 2.11. The zero-order chi connectivity index (χ0) is 19.3. The van der Waals surface area contributed by atoms with Gasteiger partial charge in [-0.15, -0.1) is 0 Å². The average Bonchev–Trinajstić information content (AvgIpc) is 3.09. The normalized spacial score (nSPS) is 26.6. The molecule has 9 nitrogen and oxygen atoms in total. The van der Waals surface area contributed by atoms with E-state index < -0.39 is 12.3 Å². The number of carbonyl (C=O) groups is 2. The van der Waals surface area contributed by atoms with Crippen molar-refractivity contribution in [2.24, 2.45) is 0 Å². The van der Waals surface area contributed by atoms with Crippen molar-refractivity contribution in [2.45, 2.75) is 62.8 Å². The Morgan fingerprint density at radius 3 is 2.82 bits per heavy atom. The molecule has 1 saturated heterocycles. The highest BCUT2D eigenvalue weighted by molar-refractivity contribution is 5.99. The summed E-state index contributed by atoms with van der Waals surface area (Å²) in [5.74, 6) is 0.0222. The van der Waals surface area contributed by atoms with Crippen molar-refractivity contribution in [1.82, 2.24) is 25.2 Å². The summed E-state index contributed by atoms with van der Waals surface area (Å²) in [6.07, 6.45) is 7.41. The molecule has 9 heteroatoms. The molecule has 4 N–H and O–H groups in total. The van der Waals surface area contributed by atoms with Gasteiger partial charge in [0.05, 0.1) is 5.54 Å². The summed E-state index contributed by atoms with van der Waals surface area (Å²) >= 11 is 0. The van der Waals surface area contributed by atoms with Gasteiger partial charge in [0.2, 0.25) is 11.9 Å². The number of aliphatic hydroxyl groups is 1. The fourth-order valence-corrected chi connectivity index (χ4v) is 4.82. The Kier molecular flexibility index (Phi) is 4.01. The quantitative estimate of drug-likeness (QED) is 0.609. The molecule has 0 aromatic carbocycles. The first-order valence-electron chi connectivity index (χ1n) is 9.98. The summed E-state index contributed by atoms with van der Waals surface area (Å²) in [7, 11) is 0. The van der Waals surface area contributed by atoms with E-state index in [4.69, 9.17) is 4.98 Å². The van der Waals surface area contributed by atoms with E-state index >= 15 is 0 Å². The van der Waals surface area contributed by atoms with E-state index in [1.807, 2.05) is 6.07 Å². The van der Waals surface area contributed by atoms with Gasteiger partial charge in [-0.3, -0.25) is 9.59 Å². The molecule has 1 saturated carbocycles. The Bertz CT molecular complexity index is 949. The second kappa shape index (κ2) is 6.44. The maximum atomic E-state index is 12.5. The number of hydrogen-bond donors (Lipinski definition) is 4. The van der Waals surface area contributed by atoms with Crippen molar-refractivity contribution in [2.75, 3.05) is 11.9 Å². The molecule has 3 aliphatic rings. The lowest BCUT2D eigenvalue weighted by Crippen LogP contribution is -2.52. The van der Waals surface area contributed by atoms with Gasteiger partial charge in [-0.05, 0) is 31.7 Å². The van der Waals surface area contributed by atoms with Crippen molar-refractivity contribution in [3.63, 3.8) is 0 Å². The van der Waals surface area contributed by atoms with Crippen molar-refractivity contribution in [3.05, 3.63) is 18.0 Å². The van der Waals surface area contributed by atoms with Gasteiger partial charge in [-0.2, -0.15) is 4.98 Å². The number of rotatable bonds is 2. The number of amides is 2. The van der Waals surface area contributed by atoms with Crippen LogP contribution in [0, 0.1) is 0 Å². The molecule has 2 aromatic rings. The fraction of sp³-hybridized carbons (Fsp3) is 0.579. The minimum absolute atomic E-state index is 0.0793. The van der Waals surface area contributed by atoms with Crippen LogP contribution >= 0.6 is 0 Å². The van der Waals surface area contributed by atoms with Crippen LogP contribution in [-0.2, 0) is 10.3 Å². The first-order valence-corrected chi connectivity index (χ1v) is 9.98. The number of nitrogens with zero attached hydrogens (tertiary/aromatic N) is 3. The van der Waals surface area contributed by atoms with Gasteiger partial charge in [0.25, 0.3) is 5.91 Å². The molecule has 0 bridgehead atoms. The van der Waals surface area contributed by atoms with Crippen LogP contribution in [0.1, 0.15) is 55.4 Å². The van der Waals surface area contributed by atoms with Crippen LogP contribution in [0.5, 0.6) is 0 Å². The fourth-order valence-electron chi connectivity index (χ4n) is 4.82. The number of fused-ring (bicyclic) bond motifs is 4. The molecule has 148 valence electrons. The highest BCUT2D eigenvalue weighted by Crippen LogP contribution is 2.40. The summed E-state index contributed by atoms with van der Waals surface area (Å²) in [6.45, 7) is 0.623. The van der Waals surface area contributed by atoms with Gasteiger partial charge < -0.3 is 25.6 Å². The van der Waals surface area contributed by atoms with Gasteiger partial charge in [-0.1, -0.05) is 19.3 Å². The van der Waals surface area contributed by atoms with E-state index in [9.17, 15) is 14.7 Å². The Hall–Kier alpha value is -2.68. The maximum Gasteiger partial charge on any atom is 0.268 e. The average molecular weight is 384 g/mol. The highest BCUT2D eigenvalue weighted by atomic mass is 16.3. The number of anilines is 1. The molecule has 2 fully saturated rings. The van der Waals surface area contributed by atoms with Crippen LogP contribution in [0.25, 0.3) is 11.0 Å². The summed E-state index contributed by atoms with van der Waals surface area (Å²) in [5, 5.41) is 19.0. The molecule has 1 aliphatic carbocycles. The van der Waals surface area contributed by atoms with Crippen molar-refractivity contribution in [1.29, 1.82) is 0 Å². The first-order chi connectivity index (χ1) is 13.6. The Labute approximate surface area is 161 Å². The van der Waals surface area contributed by atoms with Crippen LogP contribution in [0.15, 0.2) is 12.3 Å². The molecule has 0 radical (unpaired) electrons. The lowest BCUT2D eigenvalue weighted by atomic mass is 9.80. The van der Waals surface area contributed by atoms with Crippen LogP contribution in [-0.4, -0.2) is 50.3 Å². The molecule has 28 heavy (non-hydrogen) atoms. The summed E-state index contributed by atoms with van der Waals surface area (Å²) in [5.41, 5.74) is 1.23. The van der Waals surface area contributed by atoms with Crippen molar-refractivity contribution in [3.8, 4) is 0 Å². The SMILES string of the molecule is O=C1NCC2(CCCCC2)n2c1cc1cnc(N[C@H]3CCC(O)NC3=O)nc12. The third-order valence-electron chi connectivity index (χ3n) is 6.27. The number of aromatic nitrogens is 3. The standard InChI is InChI=1S/C19H24N6O3/c26-14-5-4-12(16(27)23-14)22-18-20-9-11-8-13-17(28)21-10-19(6-2-1-3-7-19)25(13)15(11)24-18/h8-9,12,14,26H,1-7,10H2,(H,21,28)(H,23,27)(H,20,22,24)/t12-,14?/m0/s1. The largest absolute Gasteiger partial charge is 0.374 e. The van der Waals surface area contributed by atoms with Gasteiger partial charge >= 0.3 is 0 Å². The number of piperidine rings is 1. The van der Waals surface area contributed by atoms with Gasteiger partial charge in [0.15, 0.2) is 0 Å². The molecule has 2 amide bonds. The second-order valence-corrected chi connectivity index (χ2v) is 8.10. The minimum Gasteiger partial charge on any atom is -0.374 e. The number of nitrogens with one attached hydrogen (secondary N) is 3. The van der Waals surface area contributed by atoms with Crippen LogP contribution in [0.3, 0.4) is 0 Å². The van der Waals surface area contributed by atoms with E-state index in [1.54, 1.807) is 6.20 Å². The predicted molar refractivity (Wildman–Crippen MR) is 102 cm³/mol. The first kappa shape index (κ1) is 17.4. The smallest absolute Gasteiger partial charge is 0.268 e. The van der Waals surface area contributed by atoms with E-state index in [0.29, 0.717) is 31.0 Å². The zero-order valence-corrected chi connectivity index (χ0v) is 15.6. The maximum absolute atomic E-state index is 12.5. The predicted octanol–water partition coefficient (Wildman–Crippen LogP) is 0.843. The zero-order valence-electron chi connectivity index (χ0n) is 15.6. The van der Waals surface area contributed by atoms with E-state index in [0.717, 1.165) is 36.7 Å². The summed E-state index contributed by atoms with van der Waals surface area (Å²) in [6, 6.07) is 1.37. The third kappa shape index (κ3) is 2.72. The molecular weight excluding hydrogens is 360 g/mol. The minimum atomic E-state index is -0.795. The Morgan fingerprint density at radius 1 is 1.21 bits per heavy atom. The molecule has 5 rings (SSSR count). The van der Waals surface area contributed by atoms with Gasteiger partial charge in [-0.25, -0.2) is 4.98 Å². The van der Waals surface area contributed by atoms with Crippen LogP contribution < -0.4 is 16.0 Å². The number of carbonyl (C=O) groups excluding carboxylic acids is 2. The lowest BCUT2D eigenvalue weighted by molar-refractivity contribution is -0.127. The van der Waals surface area contributed by atoms with E-state index in [2.05, 4.69) is 25.5 Å². The number of aliphatic hydroxyl groups excluding tert-OH is 1. The Balaban J connectivity index is 1.54. The molecule has 2 aliphatic heterocycles. The summed E-state index contributed by atoms with van der Waals surface area (Å²) in [4.78, 5) is 33.6. The second-order valence-electron chi connectivity index (χ2n) is 8.10. The molecule has 1 unspecified atom stereocenters. The van der Waals surface area contributed by atoms with Crippen molar-refractivity contribution >= 4 is 28.8 Å². The molecule has 2 atom stereocenters. The van der Waals surface area contributed by atoms with Gasteiger partial charge in [0, 0.05) is 18.1 Å². The van der Waals surface area contributed by atoms with E-state index in [-0.39, 0.29) is 17.4 Å². The Morgan fingerprint density at radius 2 is 2.04 bits per heavy atom. The molecule has 1 spiro atoms. The third-order valence-corrected chi connectivity index (χ3v) is 6.27. The van der Waals surface area contributed by atoms with Gasteiger partial charge in [0.1, 0.15) is 23.6 Å².